The zero-order chi connectivity index (χ0) is 20.2. The molecule has 144 valence electrons. The fraction of sp³-hybridized carbons (Fsp3) is 0.0500. The van der Waals surface area contributed by atoms with Crippen LogP contribution in [0.5, 0.6) is 11.5 Å². The Morgan fingerprint density at radius 2 is 2.03 bits per heavy atom. The summed E-state index contributed by atoms with van der Waals surface area (Å²) in [5.74, 6) is 0.844. The zero-order valence-corrected chi connectivity index (χ0v) is 15.4. The van der Waals surface area contributed by atoms with Gasteiger partial charge in [-0.3, -0.25) is 19.3 Å². The number of H-pyrrole nitrogens is 1. The van der Waals surface area contributed by atoms with Crippen molar-refractivity contribution in [2.24, 2.45) is 7.05 Å². The van der Waals surface area contributed by atoms with Crippen molar-refractivity contribution in [3.8, 4) is 22.8 Å². The topological polar surface area (TPSA) is 115 Å². The maximum Gasteiger partial charge on any atom is 0.262 e. The molecule has 0 saturated carbocycles. The van der Waals surface area contributed by atoms with Crippen LogP contribution in [-0.4, -0.2) is 30.6 Å². The van der Waals surface area contributed by atoms with Crippen molar-refractivity contribution in [3.63, 3.8) is 0 Å². The first-order valence-electron chi connectivity index (χ1n) is 8.66. The second kappa shape index (κ2) is 7.77. The summed E-state index contributed by atoms with van der Waals surface area (Å²) >= 11 is 0. The van der Waals surface area contributed by atoms with Crippen LogP contribution in [0.1, 0.15) is 10.4 Å². The lowest BCUT2D eigenvalue weighted by Gasteiger charge is -2.08. The van der Waals surface area contributed by atoms with Gasteiger partial charge >= 0.3 is 0 Å². The third-order valence-electron chi connectivity index (χ3n) is 4.01. The number of pyridine rings is 3. The van der Waals surface area contributed by atoms with E-state index >= 15 is 0 Å². The minimum absolute atomic E-state index is 0.00865. The molecule has 4 aromatic rings. The van der Waals surface area contributed by atoms with Gasteiger partial charge in [0, 0.05) is 37.3 Å². The maximum absolute atomic E-state index is 12.2. The van der Waals surface area contributed by atoms with Gasteiger partial charge in [0.15, 0.2) is 0 Å². The summed E-state index contributed by atoms with van der Waals surface area (Å²) in [6.45, 7) is 0. The molecule has 0 bridgehead atoms. The second-order valence-electron chi connectivity index (χ2n) is 6.13. The number of aryl methyl sites for hydroxylation is 1. The van der Waals surface area contributed by atoms with Crippen LogP contribution in [0.15, 0.2) is 72.2 Å². The quantitative estimate of drug-likeness (QED) is 0.543. The highest BCUT2D eigenvalue weighted by Crippen LogP contribution is 2.25. The second-order valence-corrected chi connectivity index (χ2v) is 6.13. The van der Waals surface area contributed by atoms with E-state index in [9.17, 15) is 9.59 Å². The van der Waals surface area contributed by atoms with Gasteiger partial charge < -0.3 is 15.0 Å². The van der Waals surface area contributed by atoms with Crippen molar-refractivity contribution in [1.82, 2.24) is 24.7 Å². The molecule has 9 heteroatoms. The first-order chi connectivity index (χ1) is 14.1. The number of carbonyl (C=O) groups is 1. The molecule has 0 aromatic carbocycles. The van der Waals surface area contributed by atoms with Crippen molar-refractivity contribution in [1.29, 1.82) is 0 Å². The summed E-state index contributed by atoms with van der Waals surface area (Å²) in [7, 11) is 1.84. The van der Waals surface area contributed by atoms with Crippen molar-refractivity contribution in [3.05, 3.63) is 83.3 Å². The van der Waals surface area contributed by atoms with Crippen LogP contribution in [-0.2, 0) is 7.05 Å². The predicted molar refractivity (Wildman–Crippen MR) is 106 cm³/mol. The molecule has 9 nitrogen and oxygen atoms in total. The number of nitrogens with zero attached hydrogens (tertiary/aromatic N) is 4. The highest BCUT2D eigenvalue weighted by molar-refractivity contribution is 6.03. The maximum atomic E-state index is 12.2. The summed E-state index contributed by atoms with van der Waals surface area (Å²) in [6, 6.07) is 9.81. The van der Waals surface area contributed by atoms with E-state index < -0.39 is 11.5 Å². The van der Waals surface area contributed by atoms with E-state index in [1.165, 1.54) is 18.5 Å². The predicted octanol–water partition coefficient (Wildman–Crippen LogP) is 2.61. The Morgan fingerprint density at radius 3 is 2.76 bits per heavy atom. The minimum atomic E-state index is -0.539. The van der Waals surface area contributed by atoms with Gasteiger partial charge in [-0.1, -0.05) is 0 Å². The number of hydrogen-bond acceptors (Lipinski definition) is 6. The van der Waals surface area contributed by atoms with Gasteiger partial charge in [0.1, 0.15) is 22.9 Å². The van der Waals surface area contributed by atoms with Crippen LogP contribution in [0.25, 0.3) is 11.3 Å². The summed E-state index contributed by atoms with van der Waals surface area (Å²) in [5, 5.41) is 6.72. The van der Waals surface area contributed by atoms with Crippen LogP contribution in [0.3, 0.4) is 0 Å². The molecular weight excluding hydrogens is 372 g/mol. The smallest absolute Gasteiger partial charge is 0.262 e. The number of carbonyl (C=O) groups excluding carboxylic acids is 1. The van der Waals surface area contributed by atoms with Crippen LogP contribution >= 0.6 is 0 Å². The van der Waals surface area contributed by atoms with Crippen LogP contribution in [0.2, 0.25) is 0 Å². The van der Waals surface area contributed by atoms with E-state index in [-0.39, 0.29) is 5.56 Å². The normalized spacial score (nSPS) is 10.5. The van der Waals surface area contributed by atoms with Gasteiger partial charge in [0.05, 0.1) is 18.1 Å². The molecule has 0 unspecified atom stereocenters. The lowest BCUT2D eigenvalue weighted by atomic mass is 10.2. The molecule has 0 fully saturated rings. The number of ether oxygens (including phenoxy) is 1. The molecule has 0 aliphatic rings. The van der Waals surface area contributed by atoms with E-state index in [0.29, 0.717) is 17.3 Å². The lowest BCUT2D eigenvalue weighted by molar-refractivity contribution is 0.102. The van der Waals surface area contributed by atoms with Gasteiger partial charge in [-0.05, 0) is 30.3 Å². The fourth-order valence-electron chi connectivity index (χ4n) is 2.62. The Kier molecular flexibility index (Phi) is 4.85. The van der Waals surface area contributed by atoms with Gasteiger partial charge in [-0.15, -0.1) is 0 Å². The van der Waals surface area contributed by atoms with E-state index in [1.807, 2.05) is 13.2 Å². The molecule has 1 amide bonds. The van der Waals surface area contributed by atoms with Crippen molar-refractivity contribution < 1.29 is 9.53 Å². The first kappa shape index (κ1) is 18.1. The average molecular weight is 388 g/mol. The SMILES string of the molecule is Cn1cc(-c2cc(Oc3ccc(NC(=O)c4ccc[nH]c4=O)nc3)ccn2)cn1. The molecule has 0 saturated heterocycles. The molecule has 0 aliphatic carbocycles. The van der Waals surface area contributed by atoms with Crippen molar-refractivity contribution >= 4 is 11.7 Å². The minimum Gasteiger partial charge on any atom is -0.456 e. The number of rotatable bonds is 5. The van der Waals surface area contributed by atoms with Crippen LogP contribution in [0, 0.1) is 0 Å². The molecule has 0 radical (unpaired) electrons. The fourth-order valence-corrected chi connectivity index (χ4v) is 2.62. The third kappa shape index (κ3) is 4.19. The Morgan fingerprint density at radius 1 is 1.14 bits per heavy atom. The Balaban J connectivity index is 1.45. The highest BCUT2D eigenvalue weighted by atomic mass is 16.5. The number of nitrogens with one attached hydrogen (secondary N) is 2. The van der Waals surface area contributed by atoms with Gasteiger partial charge in [0.2, 0.25) is 0 Å². The monoisotopic (exact) mass is 388 g/mol. The van der Waals surface area contributed by atoms with Crippen molar-refractivity contribution in [2.75, 3.05) is 5.32 Å². The van der Waals surface area contributed by atoms with E-state index in [4.69, 9.17) is 4.74 Å². The van der Waals surface area contributed by atoms with Gasteiger partial charge in [0.25, 0.3) is 11.5 Å². The number of hydrogen-bond donors (Lipinski definition) is 2. The summed E-state index contributed by atoms with van der Waals surface area (Å²) in [4.78, 5) is 34.8. The summed E-state index contributed by atoms with van der Waals surface area (Å²) in [6.07, 6.45) is 8.18. The van der Waals surface area contributed by atoms with E-state index in [2.05, 4.69) is 25.4 Å². The molecule has 0 aliphatic heterocycles. The number of aromatic nitrogens is 5. The molecule has 29 heavy (non-hydrogen) atoms. The number of anilines is 1. The van der Waals surface area contributed by atoms with Gasteiger partial charge in [-0.25, -0.2) is 4.98 Å². The largest absolute Gasteiger partial charge is 0.456 e. The Hall–Kier alpha value is -4.27. The molecule has 2 N–H and O–H groups in total. The summed E-state index contributed by atoms with van der Waals surface area (Å²) < 4.78 is 7.51. The number of aromatic amines is 1. The van der Waals surface area contributed by atoms with Crippen LogP contribution in [0.4, 0.5) is 5.82 Å². The molecular formula is C20H16N6O3. The molecule has 0 atom stereocenters. The molecule has 4 rings (SSSR count). The van der Waals surface area contributed by atoms with E-state index in [1.54, 1.807) is 47.4 Å². The molecule has 0 spiro atoms. The van der Waals surface area contributed by atoms with Gasteiger partial charge in [-0.2, -0.15) is 5.10 Å². The standard InChI is InChI=1S/C20H16N6O3/c1-26-12-13(10-24-26)17-9-14(6-8-21-17)29-15-4-5-18(23-11-15)25-20(28)16-3-2-7-22-19(16)27/h2-12H,1H3,(H,22,27)(H,23,25,28). The Bertz CT molecular complexity index is 1210. The molecule has 4 heterocycles. The third-order valence-corrected chi connectivity index (χ3v) is 4.01. The average Bonchev–Trinajstić information content (AvgIpc) is 3.16. The van der Waals surface area contributed by atoms with Crippen LogP contribution < -0.4 is 15.6 Å². The molecule has 4 aromatic heterocycles. The number of amides is 1. The zero-order valence-electron chi connectivity index (χ0n) is 15.4. The van der Waals surface area contributed by atoms with Crippen molar-refractivity contribution in [2.45, 2.75) is 0 Å². The lowest BCUT2D eigenvalue weighted by Crippen LogP contribution is -2.22. The Labute approximate surface area is 165 Å². The van der Waals surface area contributed by atoms with E-state index in [0.717, 1.165) is 11.3 Å². The highest BCUT2D eigenvalue weighted by Gasteiger charge is 2.11. The summed E-state index contributed by atoms with van der Waals surface area (Å²) in [5.41, 5.74) is 1.16. The first-order valence-corrected chi connectivity index (χ1v) is 8.66.